The van der Waals surface area contributed by atoms with E-state index in [9.17, 15) is 0 Å². The Hall–Kier alpha value is -3.94. The molecule has 0 aliphatic heterocycles. The molecule has 2 aromatic carbocycles. The summed E-state index contributed by atoms with van der Waals surface area (Å²) in [5.41, 5.74) is 5.52. The van der Waals surface area contributed by atoms with Crippen molar-refractivity contribution in [2.45, 2.75) is 13.5 Å². The smallest absolute Gasteiger partial charge is 0.176 e. The van der Waals surface area contributed by atoms with Gasteiger partial charge in [-0.1, -0.05) is 53.8 Å². The van der Waals surface area contributed by atoms with E-state index < -0.39 is 0 Å². The van der Waals surface area contributed by atoms with E-state index in [4.69, 9.17) is 11.3 Å². The van der Waals surface area contributed by atoms with Crippen molar-refractivity contribution in [2.24, 2.45) is 16.2 Å². The van der Waals surface area contributed by atoms with Crippen molar-refractivity contribution in [1.29, 1.82) is 5.41 Å². The maximum absolute atomic E-state index is 8.03. The van der Waals surface area contributed by atoms with E-state index in [0.717, 1.165) is 33.5 Å². The van der Waals surface area contributed by atoms with Crippen LogP contribution >= 0.6 is 0 Å². The maximum Gasteiger partial charge on any atom is 0.176 e. The summed E-state index contributed by atoms with van der Waals surface area (Å²) in [6.07, 6.45) is 3.41. The van der Waals surface area contributed by atoms with E-state index in [1.165, 1.54) is 0 Å². The van der Waals surface area contributed by atoms with Crippen molar-refractivity contribution >= 4 is 16.9 Å². The predicted molar refractivity (Wildman–Crippen MR) is 107 cm³/mol. The molecule has 2 aromatic heterocycles. The van der Waals surface area contributed by atoms with Crippen molar-refractivity contribution in [3.8, 4) is 11.1 Å². The average molecular weight is 370 g/mol. The third kappa shape index (κ3) is 3.23. The van der Waals surface area contributed by atoms with E-state index in [1.807, 2.05) is 43.3 Å². The molecule has 28 heavy (non-hydrogen) atoms. The first-order valence-corrected chi connectivity index (χ1v) is 8.69. The van der Waals surface area contributed by atoms with E-state index in [2.05, 4.69) is 42.2 Å². The number of hydrogen-bond donors (Lipinski definition) is 2. The third-order valence-electron chi connectivity index (χ3n) is 4.60. The fourth-order valence-corrected chi connectivity index (χ4v) is 3.24. The topological polar surface area (TPSA) is 118 Å². The number of hydrogen-bond acceptors (Lipinski definition) is 5. The lowest BCUT2D eigenvalue weighted by Gasteiger charge is -2.10. The summed E-state index contributed by atoms with van der Waals surface area (Å²) in [6, 6.07) is 15.8. The molecule has 4 aromatic rings. The molecule has 0 spiro atoms. The van der Waals surface area contributed by atoms with Gasteiger partial charge in [-0.25, -0.2) is 4.98 Å². The van der Waals surface area contributed by atoms with Gasteiger partial charge in [-0.05, 0) is 23.6 Å². The first-order chi connectivity index (χ1) is 13.7. The molecule has 0 aliphatic rings. The molecule has 0 radical (unpaired) electrons. The molecule has 4 rings (SSSR count). The largest absolute Gasteiger partial charge is 0.322 e. The molecule has 0 atom stereocenters. The number of nitrogens with two attached hydrogens (primary N) is 1. The van der Waals surface area contributed by atoms with Crippen LogP contribution in [-0.4, -0.2) is 25.6 Å². The third-order valence-corrected chi connectivity index (χ3v) is 4.60. The average Bonchev–Trinajstić information content (AvgIpc) is 3.04. The maximum atomic E-state index is 8.03. The highest BCUT2D eigenvalue weighted by atomic mass is 15.3. The van der Waals surface area contributed by atoms with Gasteiger partial charge in [0, 0.05) is 12.1 Å². The molecule has 0 amide bonds. The molecule has 8 heteroatoms. The number of imidazole rings is 1. The minimum Gasteiger partial charge on any atom is -0.322 e. The van der Waals surface area contributed by atoms with Gasteiger partial charge in [-0.2, -0.15) is 10.2 Å². The van der Waals surface area contributed by atoms with Crippen LogP contribution in [0.25, 0.3) is 22.2 Å². The molecular formula is C20H18N8. The van der Waals surface area contributed by atoms with Gasteiger partial charge in [-0.3, -0.25) is 5.41 Å². The number of benzene rings is 2. The van der Waals surface area contributed by atoms with Gasteiger partial charge in [0.25, 0.3) is 0 Å². The van der Waals surface area contributed by atoms with E-state index >= 15 is 0 Å². The standard InChI is InChI=1S/C20H18N8/c1-13-25-18-10-23-24-11-19(18)28(13)12-14-6-8-15(9-7-14)16-4-2-3-5-17(16)20(21)26-27-22/h2-11H,12H2,1H3,(H3,21,22,26). The summed E-state index contributed by atoms with van der Waals surface area (Å²) in [5.74, 6) is 6.04. The Kier molecular flexibility index (Phi) is 4.59. The summed E-state index contributed by atoms with van der Waals surface area (Å²) in [4.78, 5) is 4.53. The first kappa shape index (κ1) is 17.5. The van der Waals surface area contributed by atoms with Crippen LogP contribution in [0.1, 0.15) is 17.0 Å². The SMILES string of the molecule is Cc1nc2cnncc2n1Cc1ccc(-c2ccccc2C(=N)N=NN)cc1. The molecule has 0 bridgehead atoms. The highest BCUT2D eigenvalue weighted by Gasteiger charge is 2.11. The fourth-order valence-electron chi connectivity index (χ4n) is 3.24. The molecule has 0 fully saturated rings. The van der Waals surface area contributed by atoms with Gasteiger partial charge in [0.2, 0.25) is 0 Å². The van der Waals surface area contributed by atoms with Crippen molar-refractivity contribution in [2.75, 3.05) is 0 Å². The van der Waals surface area contributed by atoms with Crippen LogP contribution in [0, 0.1) is 12.3 Å². The van der Waals surface area contributed by atoms with Crippen molar-refractivity contribution in [3.63, 3.8) is 0 Å². The summed E-state index contributed by atoms with van der Waals surface area (Å²) >= 11 is 0. The summed E-state index contributed by atoms with van der Waals surface area (Å²) < 4.78 is 2.12. The van der Waals surface area contributed by atoms with Gasteiger partial charge in [-0.15, -0.1) is 5.11 Å². The van der Waals surface area contributed by atoms with E-state index in [-0.39, 0.29) is 5.84 Å². The number of aromatic nitrogens is 4. The summed E-state index contributed by atoms with van der Waals surface area (Å²) in [5, 5.41) is 22.8. The monoisotopic (exact) mass is 370 g/mol. The van der Waals surface area contributed by atoms with Crippen LogP contribution < -0.4 is 5.84 Å². The van der Waals surface area contributed by atoms with Crippen LogP contribution in [-0.2, 0) is 6.54 Å². The summed E-state index contributed by atoms with van der Waals surface area (Å²) in [6.45, 7) is 2.66. The van der Waals surface area contributed by atoms with Crippen LogP contribution in [0.5, 0.6) is 0 Å². The number of aryl methyl sites for hydroxylation is 1. The Morgan fingerprint density at radius 1 is 1.07 bits per heavy atom. The van der Waals surface area contributed by atoms with E-state index in [1.54, 1.807) is 12.4 Å². The van der Waals surface area contributed by atoms with Crippen LogP contribution in [0.15, 0.2) is 71.3 Å². The lowest BCUT2D eigenvalue weighted by Crippen LogP contribution is -2.02. The lowest BCUT2D eigenvalue weighted by molar-refractivity contribution is 0.784. The summed E-state index contributed by atoms with van der Waals surface area (Å²) in [7, 11) is 0. The zero-order chi connectivity index (χ0) is 19.5. The van der Waals surface area contributed by atoms with Crippen molar-refractivity contribution < 1.29 is 0 Å². The van der Waals surface area contributed by atoms with Gasteiger partial charge in [0.05, 0.1) is 17.9 Å². The van der Waals surface area contributed by atoms with Crippen LogP contribution in [0.4, 0.5) is 0 Å². The van der Waals surface area contributed by atoms with Crippen LogP contribution in [0.2, 0.25) is 0 Å². The van der Waals surface area contributed by atoms with E-state index in [0.29, 0.717) is 12.1 Å². The second-order valence-corrected chi connectivity index (χ2v) is 6.31. The minimum atomic E-state index is 0.0313. The minimum absolute atomic E-state index is 0.0313. The molecule has 0 saturated carbocycles. The zero-order valence-electron chi connectivity index (χ0n) is 15.2. The Bertz CT molecular complexity index is 1170. The molecule has 0 unspecified atom stereocenters. The lowest BCUT2D eigenvalue weighted by atomic mass is 9.98. The second-order valence-electron chi connectivity index (χ2n) is 6.31. The van der Waals surface area contributed by atoms with Gasteiger partial charge < -0.3 is 10.4 Å². The molecule has 0 aliphatic carbocycles. The normalized spacial score (nSPS) is 11.3. The number of nitrogens with one attached hydrogen (secondary N) is 1. The number of rotatable bonds is 4. The Balaban J connectivity index is 1.65. The highest BCUT2D eigenvalue weighted by Crippen LogP contribution is 2.25. The Labute approximate surface area is 161 Å². The second kappa shape index (κ2) is 7.36. The molecule has 138 valence electrons. The van der Waals surface area contributed by atoms with Crippen LogP contribution in [0.3, 0.4) is 0 Å². The Morgan fingerprint density at radius 3 is 2.61 bits per heavy atom. The first-order valence-electron chi connectivity index (χ1n) is 8.69. The number of amidine groups is 1. The quantitative estimate of drug-likeness (QED) is 0.188. The molecule has 0 saturated heterocycles. The Morgan fingerprint density at radius 2 is 1.82 bits per heavy atom. The number of nitrogens with zero attached hydrogens (tertiary/aromatic N) is 6. The fraction of sp³-hybridized carbons (Fsp3) is 0.100. The van der Waals surface area contributed by atoms with Gasteiger partial charge in [0.15, 0.2) is 5.84 Å². The van der Waals surface area contributed by atoms with Crippen molar-refractivity contribution in [1.82, 2.24) is 19.7 Å². The van der Waals surface area contributed by atoms with Gasteiger partial charge in [0.1, 0.15) is 11.3 Å². The predicted octanol–water partition coefficient (Wildman–Crippen LogP) is 3.50. The molecule has 2 heterocycles. The molecular weight excluding hydrogens is 352 g/mol. The highest BCUT2D eigenvalue weighted by molar-refractivity contribution is 6.02. The number of fused-ring (bicyclic) bond motifs is 1. The van der Waals surface area contributed by atoms with Crippen molar-refractivity contribution in [3.05, 3.63) is 77.9 Å². The molecule has 3 N–H and O–H groups in total. The van der Waals surface area contributed by atoms with Gasteiger partial charge >= 0.3 is 0 Å². The molecule has 8 nitrogen and oxygen atoms in total. The zero-order valence-corrected chi connectivity index (χ0v) is 15.2.